The van der Waals surface area contributed by atoms with E-state index in [0.717, 1.165) is 31.3 Å². The average Bonchev–Trinajstić information content (AvgIpc) is 1.52. The zero-order valence-electron chi connectivity index (χ0n) is 52.4. The topological polar surface area (TPSA) is 189 Å². The van der Waals surface area contributed by atoms with Gasteiger partial charge in [-0.15, -0.1) is 22.7 Å². The maximum Gasteiger partial charge on any atom is 0.497 e. The number of sulfone groups is 1. The van der Waals surface area contributed by atoms with Crippen LogP contribution in [-0.2, 0) is 19.4 Å². The van der Waals surface area contributed by atoms with Gasteiger partial charge in [-0.1, -0.05) is 143 Å². The molecule has 0 aliphatic carbocycles. The van der Waals surface area contributed by atoms with E-state index in [-0.39, 0.29) is 43.7 Å². The zero-order valence-corrected chi connectivity index (χ0v) is 54.9. The first-order valence-electron chi connectivity index (χ1n) is 31.0. The van der Waals surface area contributed by atoms with Crippen molar-refractivity contribution < 1.29 is 55.2 Å². The van der Waals surface area contributed by atoms with Crippen LogP contribution in [0.25, 0.3) is 69.8 Å². The number of alkyl halides is 3. The van der Waals surface area contributed by atoms with Crippen molar-refractivity contribution >= 4 is 122 Å². The molecular formula is C74H59B2F3N6O9S3. The Balaban J connectivity index is 1.25. The molecule has 23 heteroatoms. The molecule has 0 atom stereocenters. The van der Waals surface area contributed by atoms with E-state index in [1.54, 1.807) is 26.4 Å². The smallest absolute Gasteiger partial charge is 0.497 e. The number of nitriles is 1. The number of ketones is 1. The van der Waals surface area contributed by atoms with Crippen LogP contribution in [0.15, 0.2) is 206 Å². The largest absolute Gasteiger partial charge is 0.497 e. The number of carboxylic acid groups (broad SMARTS) is 1. The van der Waals surface area contributed by atoms with Crippen LogP contribution in [-0.4, -0.2) is 96.6 Å². The number of benzene rings is 8. The number of fused-ring (bicyclic) bond motifs is 3. The summed E-state index contributed by atoms with van der Waals surface area (Å²) in [6.45, 7) is 8.56. The van der Waals surface area contributed by atoms with Crippen molar-refractivity contribution in [3.8, 4) is 51.6 Å². The summed E-state index contributed by atoms with van der Waals surface area (Å²) in [4.78, 5) is 39.1. The van der Waals surface area contributed by atoms with Crippen molar-refractivity contribution in [2.24, 2.45) is 0 Å². The van der Waals surface area contributed by atoms with E-state index < -0.39 is 53.0 Å². The summed E-state index contributed by atoms with van der Waals surface area (Å²) in [5.41, 5.74) is 1.95. The highest BCUT2D eigenvalue weighted by Crippen LogP contribution is 2.40. The molecule has 12 aromatic rings. The first-order valence-corrected chi connectivity index (χ1v) is 34.3. The molecule has 0 fully saturated rings. The van der Waals surface area contributed by atoms with Gasteiger partial charge >= 0.3 is 25.2 Å². The van der Waals surface area contributed by atoms with Crippen LogP contribution in [0.4, 0.5) is 13.2 Å². The van der Waals surface area contributed by atoms with E-state index in [1.807, 2.05) is 170 Å². The number of unbranched alkanes of at least 4 members (excludes halogenated alkanes) is 2. The number of hydrogen-bond acceptors (Lipinski definition) is 13. The molecular weight excluding hydrogens is 1290 g/mol. The maximum absolute atomic E-state index is 13.1. The Kier molecular flexibility index (Phi) is 19.9. The van der Waals surface area contributed by atoms with E-state index in [4.69, 9.17) is 28.9 Å². The van der Waals surface area contributed by atoms with Gasteiger partial charge in [-0.25, -0.2) is 23.2 Å². The van der Waals surface area contributed by atoms with Crippen LogP contribution < -0.4 is 51.5 Å². The molecule has 1 N–H and O–H groups in total. The summed E-state index contributed by atoms with van der Waals surface area (Å²) >= 11 is 2.71. The number of carbonyl (C=O) groups excluding carboxylic acids is 1. The fourth-order valence-electron chi connectivity index (χ4n) is 12.1. The van der Waals surface area contributed by atoms with Crippen LogP contribution in [0.1, 0.15) is 48.5 Å². The van der Waals surface area contributed by atoms with Gasteiger partial charge < -0.3 is 33.0 Å². The SMILES string of the molecule is [C-]#[N+]/C(c1nc2cc(OC)ccc2s1)=c1\c2c(-c3ccc(OCCCCC(=O)O)cc3)n(B(c3ccccc3)c3ccccc3)/c(=C(/C#N)c3nc4cc(OC)ccc4s3)c2c(-c2ccc(OCCCCC(=O)CS(=O)(=O)C(F)(F)F)cc2)n1B(c1ccccc1)c1ccccc1. The van der Waals surface area contributed by atoms with E-state index in [2.05, 4.69) is 44.1 Å². The van der Waals surface area contributed by atoms with Gasteiger partial charge in [0.05, 0.1) is 59.8 Å². The maximum atomic E-state index is 13.1. The van der Waals surface area contributed by atoms with Gasteiger partial charge in [-0.2, -0.15) is 18.4 Å². The first-order chi connectivity index (χ1) is 47.1. The third-order valence-electron chi connectivity index (χ3n) is 16.6. The van der Waals surface area contributed by atoms with Gasteiger partial charge in [0, 0.05) is 52.5 Å². The average molecular weight is 1350 g/mol. The van der Waals surface area contributed by atoms with Crippen molar-refractivity contribution in [3.63, 3.8) is 0 Å². The molecule has 8 aromatic carbocycles. The Labute approximate surface area is 565 Å². The van der Waals surface area contributed by atoms with E-state index in [9.17, 15) is 48.1 Å². The van der Waals surface area contributed by atoms with Gasteiger partial charge in [-0.05, 0) is 110 Å². The molecule has 0 amide bonds. The standard InChI is InChI=1S/C74H59B2F3N6O9S3/c1-81-67(73-83-61-45-58(92-3)39-41-63(61)96-73)71-66-65(68(85(71)76(52-24-12-6-13-25-52)53-26-14-7-15-27-53)48-30-34-55(35-31-48)93-42-18-16-28-54(86)47-97(89,90)74(77,78)79)70(59(46-80)72-82-60-44-57(91-2)38-40-62(60)95-72)84(75(50-20-8-4-9-21-50)51-22-10-5-11-23-51)69(66)49-32-36-56(37-33-49)94-43-19-17-29-64(87)88/h4-15,20-27,30-41,44-45H,16-19,28-29,42-43,47H2,2-3H3,(H,87,88)/b70-59-,71-67+. The van der Waals surface area contributed by atoms with Crippen LogP contribution >= 0.6 is 22.7 Å². The minimum atomic E-state index is -5.62. The highest BCUT2D eigenvalue weighted by Gasteiger charge is 2.46. The first kappa shape index (κ1) is 66.3. The second-order valence-corrected chi connectivity index (χ2v) is 26.8. The van der Waals surface area contributed by atoms with Crippen LogP contribution in [0.3, 0.4) is 0 Å². The van der Waals surface area contributed by atoms with Gasteiger partial charge in [0.1, 0.15) is 56.2 Å². The second-order valence-electron chi connectivity index (χ2n) is 22.8. The molecule has 97 heavy (non-hydrogen) atoms. The predicted octanol–water partition coefficient (Wildman–Crippen LogP) is 11.8. The molecule has 12 rings (SSSR count). The van der Waals surface area contributed by atoms with Crippen molar-refractivity contribution in [2.75, 3.05) is 33.2 Å². The quantitative estimate of drug-likeness (QED) is 0.0307. The van der Waals surface area contributed by atoms with Crippen LogP contribution in [0.2, 0.25) is 0 Å². The molecule has 0 aliphatic rings. The Morgan fingerprint density at radius 2 is 0.979 bits per heavy atom. The molecule has 0 saturated heterocycles. The lowest BCUT2D eigenvalue weighted by Gasteiger charge is -2.24. The number of rotatable bonds is 26. The van der Waals surface area contributed by atoms with Gasteiger partial charge in [-0.3, -0.25) is 9.59 Å². The summed E-state index contributed by atoms with van der Waals surface area (Å²) in [6, 6.07) is 68.9. The third-order valence-corrected chi connectivity index (χ3v) is 20.1. The van der Waals surface area contributed by atoms with Gasteiger partial charge in [0.2, 0.25) is 5.70 Å². The molecule has 0 spiro atoms. The van der Waals surface area contributed by atoms with Crippen molar-refractivity contribution in [1.29, 1.82) is 5.26 Å². The van der Waals surface area contributed by atoms with E-state index in [0.29, 0.717) is 101 Å². The fourth-order valence-corrected chi connectivity index (χ4v) is 14.7. The molecule has 0 unspecified atom stereocenters. The lowest BCUT2D eigenvalue weighted by Crippen LogP contribution is -2.54. The highest BCUT2D eigenvalue weighted by atomic mass is 32.2. The molecule has 0 aliphatic heterocycles. The predicted molar refractivity (Wildman–Crippen MR) is 377 cm³/mol. The van der Waals surface area contributed by atoms with E-state index >= 15 is 0 Å². The summed E-state index contributed by atoms with van der Waals surface area (Å²) in [5.74, 6) is -1.50. The minimum Gasteiger partial charge on any atom is -0.497 e. The van der Waals surface area contributed by atoms with Crippen LogP contribution in [0, 0.1) is 17.9 Å². The number of aliphatic carboxylic acids is 1. The summed E-state index contributed by atoms with van der Waals surface area (Å²) in [6.07, 6.45) is 0.818. The molecule has 0 bridgehead atoms. The monoisotopic (exact) mass is 1350 g/mol. The van der Waals surface area contributed by atoms with Crippen molar-refractivity contribution in [1.82, 2.24) is 18.9 Å². The minimum absolute atomic E-state index is 0.00461. The lowest BCUT2D eigenvalue weighted by molar-refractivity contribution is -0.137. The number of ether oxygens (including phenoxy) is 4. The number of methoxy groups -OCH3 is 2. The molecule has 484 valence electrons. The zero-order chi connectivity index (χ0) is 67.8. The number of carbonyl (C=O) groups is 2. The molecule has 4 aromatic heterocycles. The Morgan fingerprint density at radius 3 is 1.39 bits per heavy atom. The molecule has 0 radical (unpaired) electrons. The van der Waals surface area contributed by atoms with Gasteiger partial charge in [0.25, 0.3) is 9.84 Å². The third kappa shape index (κ3) is 14.0. The highest BCUT2D eigenvalue weighted by molar-refractivity contribution is 7.92. The van der Waals surface area contributed by atoms with Crippen LogP contribution in [0.5, 0.6) is 23.0 Å². The number of hydrogen-bond donors (Lipinski definition) is 1. The molecule has 0 saturated carbocycles. The Morgan fingerprint density at radius 1 is 0.577 bits per heavy atom. The fraction of sp³-hybridized carbons (Fsp3) is 0.162. The number of halogens is 3. The van der Waals surface area contributed by atoms with Crippen molar-refractivity contribution in [2.45, 2.75) is 44.0 Å². The number of carboxylic acids is 1. The number of thiazole rings is 2. The number of aromatic nitrogens is 4. The summed E-state index contributed by atoms with van der Waals surface area (Å²) in [7, 11) is -2.46. The lowest BCUT2D eigenvalue weighted by atomic mass is 9.50. The van der Waals surface area contributed by atoms with Gasteiger partial charge in [0.15, 0.2) is 0 Å². The van der Waals surface area contributed by atoms with E-state index in [1.165, 1.54) is 22.7 Å². The second kappa shape index (κ2) is 29.1. The number of Topliss-reactive ketones (excluding diaryl/α,β-unsaturated/α-hetero) is 1. The number of nitrogens with zero attached hydrogens (tertiary/aromatic N) is 6. The summed E-state index contributed by atoms with van der Waals surface area (Å²) < 4.78 is 93.0. The Bertz CT molecular complexity index is 5030. The summed E-state index contributed by atoms with van der Waals surface area (Å²) in [5, 5.41) is 24.7. The van der Waals surface area contributed by atoms with Crippen molar-refractivity contribution in [3.05, 3.63) is 238 Å². The molecule has 4 heterocycles. The molecule has 15 nitrogen and oxygen atoms in total. The Hall–Kier alpha value is -10.7. The normalized spacial score (nSPS) is 12.2.